The molecule has 0 aliphatic heterocycles. The molecule has 0 bridgehead atoms. The normalized spacial score (nSPS) is 12.6. The van der Waals surface area contributed by atoms with Gasteiger partial charge >= 0.3 is 0 Å². The minimum Gasteiger partial charge on any atom is -0.495 e. The molecule has 0 aliphatic carbocycles. The minimum absolute atomic E-state index is 0.175. The number of methoxy groups -OCH3 is 1. The molecule has 1 atom stereocenters. The first kappa shape index (κ1) is 12.6. The van der Waals surface area contributed by atoms with Crippen molar-refractivity contribution in [3.05, 3.63) is 27.7 Å². The van der Waals surface area contributed by atoms with Crippen molar-refractivity contribution in [1.29, 1.82) is 0 Å². The van der Waals surface area contributed by atoms with Gasteiger partial charge in [0.15, 0.2) is 0 Å². The van der Waals surface area contributed by atoms with Gasteiger partial charge in [0.25, 0.3) is 0 Å². The molecule has 3 nitrogen and oxygen atoms in total. The van der Waals surface area contributed by atoms with E-state index in [1.165, 1.54) is 0 Å². The van der Waals surface area contributed by atoms with E-state index in [0.29, 0.717) is 22.3 Å². The van der Waals surface area contributed by atoms with Gasteiger partial charge in [-0.05, 0) is 18.7 Å². The lowest BCUT2D eigenvalue weighted by atomic mass is 10.1. The Morgan fingerprint density at radius 2 is 2.07 bits per heavy atom. The van der Waals surface area contributed by atoms with Crippen LogP contribution in [0.4, 0.5) is 0 Å². The molecule has 1 rings (SSSR count). The molecule has 1 unspecified atom stereocenters. The number of likely N-dealkylation sites (N-methyl/N-ethyl adjacent to an activating group) is 1. The van der Waals surface area contributed by atoms with Gasteiger partial charge in [0.05, 0.1) is 12.1 Å². The summed E-state index contributed by atoms with van der Waals surface area (Å²) in [5.74, 6) is 0.557. The molecule has 0 aromatic heterocycles. The average molecular weight is 249 g/mol. The third-order valence-corrected chi connectivity index (χ3v) is 2.72. The zero-order valence-corrected chi connectivity index (χ0v) is 10.2. The van der Waals surface area contributed by atoms with Crippen molar-refractivity contribution in [2.45, 2.75) is 6.04 Å². The molecule has 0 spiro atoms. The van der Waals surface area contributed by atoms with E-state index in [-0.39, 0.29) is 6.04 Å². The highest BCUT2D eigenvalue weighted by Crippen LogP contribution is 2.33. The highest BCUT2D eigenvalue weighted by Gasteiger charge is 2.13. The van der Waals surface area contributed by atoms with Crippen molar-refractivity contribution in [3.8, 4) is 5.75 Å². The van der Waals surface area contributed by atoms with Crippen molar-refractivity contribution < 1.29 is 4.74 Å². The van der Waals surface area contributed by atoms with Crippen molar-refractivity contribution in [2.75, 3.05) is 20.7 Å². The summed E-state index contributed by atoms with van der Waals surface area (Å²) in [5.41, 5.74) is 6.74. The standard InChI is InChI=1S/C10H14Cl2N2O/c1-14-5-9(13)6-3-8(12)10(15-2)4-7(6)11/h3-4,9,14H,5,13H2,1-2H3. The summed E-state index contributed by atoms with van der Waals surface area (Å²) in [5, 5.41) is 4.07. The summed E-state index contributed by atoms with van der Waals surface area (Å²) in [4.78, 5) is 0. The Bertz CT molecular complexity index is 344. The maximum absolute atomic E-state index is 6.06. The molecule has 0 aliphatic rings. The van der Waals surface area contributed by atoms with Crippen LogP contribution in [0.2, 0.25) is 10.0 Å². The van der Waals surface area contributed by atoms with Crippen molar-refractivity contribution in [2.24, 2.45) is 5.73 Å². The largest absolute Gasteiger partial charge is 0.495 e. The SMILES string of the molecule is CNCC(N)c1cc(Cl)c(OC)cc1Cl. The van der Waals surface area contributed by atoms with Crippen molar-refractivity contribution in [3.63, 3.8) is 0 Å². The van der Waals surface area contributed by atoms with Gasteiger partial charge in [0, 0.05) is 23.7 Å². The lowest BCUT2D eigenvalue weighted by molar-refractivity contribution is 0.414. The summed E-state index contributed by atoms with van der Waals surface area (Å²) >= 11 is 12.1. The Kier molecular flexibility index (Phi) is 4.67. The molecule has 0 amide bonds. The van der Waals surface area contributed by atoms with Crippen molar-refractivity contribution in [1.82, 2.24) is 5.32 Å². The number of nitrogens with two attached hydrogens (primary N) is 1. The number of hydrogen-bond donors (Lipinski definition) is 2. The molecule has 84 valence electrons. The second-order valence-electron chi connectivity index (χ2n) is 3.17. The first-order valence-corrected chi connectivity index (χ1v) is 5.28. The van der Waals surface area contributed by atoms with E-state index in [1.54, 1.807) is 19.2 Å². The van der Waals surface area contributed by atoms with Crippen LogP contribution in [0.5, 0.6) is 5.75 Å². The van der Waals surface area contributed by atoms with Crippen LogP contribution in [0.1, 0.15) is 11.6 Å². The highest BCUT2D eigenvalue weighted by molar-refractivity contribution is 6.34. The number of ether oxygens (including phenoxy) is 1. The summed E-state index contributed by atoms with van der Waals surface area (Å²) < 4.78 is 5.05. The molecule has 15 heavy (non-hydrogen) atoms. The maximum Gasteiger partial charge on any atom is 0.138 e. The van der Waals surface area contributed by atoms with Crippen LogP contribution in [-0.2, 0) is 0 Å². The summed E-state index contributed by atoms with van der Waals surface area (Å²) in [6.45, 7) is 0.641. The summed E-state index contributed by atoms with van der Waals surface area (Å²) in [6, 6.07) is 3.24. The Morgan fingerprint density at radius 3 is 2.60 bits per heavy atom. The molecule has 1 aromatic rings. The smallest absolute Gasteiger partial charge is 0.138 e. The third-order valence-electron chi connectivity index (χ3n) is 2.09. The predicted octanol–water partition coefficient (Wildman–Crippen LogP) is 2.22. The van der Waals surface area contributed by atoms with Crippen LogP contribution in [0.3, 0.4) is 0 Å². The number of rotatable bonds is 4. The minimum atomic E-state index is -0.175. The quantitative estimate of drug-likeness (QED) is 0.860. The fourth-order valence-electron chi connectivity index (χ4n) is 1.31. The van der Waals surface area contributed by atoms with E-state index in [4.69, 9.17) is 33.7 Å². The summed E-state index contributed by atoms with van der Waals surface area (Å²) in [7, 11) is 3.38. The van der Waals surface area contributed by atoms with Crippen LogP contribution in [0.15, 0.2) is 12.1 Å². The van der Waals surface area contributed by atoms with Gasteiger partial charge in [-0.3, -0.25) is 0 Å². The first-order chi connectivity index (χ1) is 7.10. The molecule has 0 saturated heterocycles. The topological polar surface area (TPSA) is 47.3 Å². The zero-order valence-electron chi connectivity index (χ0n) is 8.68. The highest BCUT2D eigenvalue weighted by atomic mass is 35.5. The van der Waals surface area contributed by atoms with Gasteiger partial charge in [-0.25, -0.2) is 0 Å². The maximum atomic E-state index is 6.06. The number of halogens is 2. The number of hydrogen-bond acceptors (Lipinski definition) is 3. The Hall–Kier alpha value is -0.480. The molecule has 0 saturated carbocycles. The molecule has 5 heteroatoms. The Balaban J connectivity index is 3.04. The van der Waals surface area contributed by atoms with Gasteiger partial charge in [-0.15, -0.1) is 0 Å². The van der Waals surface area contributed by atoms with Gasteiger partial charge in [-0.1, -0.05) is 23.2 Å². The fourth-order valence-corrected chi connectivity index (χ4v) is 1.86. The van der Waals surface area contributed by atoms with E-state index in [1.807, 2.05) is 7.05 Å². The van der Waals surface area contributed by atoms with Crippen LogP contribution in [-0.4, -0.2) is 20.7 Å². The van der Waals surface area contributed by atoms with Gasteiger partial charge in [0.2, 0.25) is 0 Å². The predicted molar refractivity (Wildman–Crippen MR) is 63.9 cm³/mol. The molecule has 1 aromatic carbocycles. The molecular weight excluding hydrogens is 235 g/mol. The van der Waals surface area contributed by atoms with Gasteiger partial charge < -0.3 is 15.8 Å². The second kappa shape index (κ2) is 5.56. The number of nitrogens with one attached hydrogen (secondary N) is 1. The molecule has 0 heterocycles. The van der Waals surface area contributed by atoms with E-state index in [0.717, 1.165) is 5.56 Å². The Labute approximate surface area is 99.5 Å². The van der Waals surface area contributed by atoms with Gasteiger partial charge in [0.1, 0.15) is 5.75 Å². The van der Waals surface area contributed by atoms with Crippen LogP contribution in [0.25, 0.3) is 0 Å². The average Bonchev–Trinajstić information content (AvgIpc) is 2.21. The fraction of sp³-hybridized carbons (Fsp3) is 0.400. The van der Waals surface area contributed by atoms with E-state index in [2.05, 4.69) is 5.32 Å². The van der Waals surface area contributed by atoms with Crippen LogP contribution >= 0.6 is 23.2 Å². The van der Waals surface area contributed by atoms with Crippen LogP contribution < -0.4 is 15.8 Å². The zero-order chi connectivity index (χ0) is 11.4. The van der Waals surface area contributed by atoms with Gasteiger partial charge in [-0.2, -0.15) is 0 Å². The third kappa shape index (κ3) is 2.98. The molecular formula is C10H14Cl2N2O. The number of benzene rings is 1. The molecule has 0 radical (unpaired) electrons. The van der Waals surface area contributed by atoms with E-state index in [9.17, 15) is 0 Å². The lowest BCUT2D eigenvalue weighted by Crippen LogP contribution is -2.24. The van der Waals surface area contributed by atoms with Crippen molar-refractivity contribution >= 4 is 23.2 Å². The second-order valence-corrected chi connectivity index (χ2v) is 3.99. The van der Waals surface area contributed by atoms with E-state index < -0.39 is 0 Å². The Morgan fingerprint density at radius 1 is 1.40 bits per heavy atom. The molecule has 0 fully saturated rings. The monoisotopic (exact) mass is 248 g/mol. The lowest BCUT2D eigenvalue weighted by Gasteiger charge is -2.15. The van der Waals surface area contributed by atoms with E-state index >= 15 is 0 Å². The first-order valence-electron chi connectivity index (χ1n) is 4.53. The molecule has 3 N–H and O–H groups in total. The summed E-state index contributed by atoms with van der Waals surface area (Å²) in [6.07, 6.45) is 0. The van der Waals surface area contributed by atoms with Crippen LogP contribution in [0, 0.1) is 0 Å².